The first-order chi connectivity index (χ1) is 50.2. The molecule has 1 aromatic heterocycles. The Bertz CT molecular complexity index is 4680. The molecule has 0 N–H and O–H groups in total. The molecular formula is C96H78N6. The second-order valence-corrected chi connectivity index (χ2v) is 27.0. The van der Waals surface area contributed by atoms with Crippen molar-refractivity contribution in [2.24, 2.45) is 0 Å². The lowest BCUT2D eigenvalue weighted by atomic mass is 9.72. The van der Waals surface area contributed by atoms with E-state index in [0.29, 0.717) is 56.0 Å². The van der Waals surface area contributed by atoms with Gasteiger partial charge in [-0.2, -0.15) is 0 Å². The Morgan fingerprint density at radius 3 is 0.598 bits per heavy atom. The fourth-order valence-electron chi connectivity index (χ4n) is 16.9. The quantitative estimate of drug-likeness (QED) is 0.0562. The molecule has 0 saturated heterocycles. The molecule has 102 heavy (non-hydrogen) atoms. The summed E-state index contributed by atoms with van der Waals surface area (Å²) in [4.78, 5) is 24.0. The van der Waals surface area contributed by atoms with Gasteiger partial charge >= 0.3 is 0 Å². The van der Waals surface area contributed by atoms with Crippen LogP contribution in [0.2, 0.25) is 0 Å². The maximum Gasteiger partial charge on any atom is 0.164 e. The van der Waals surface area contributed by atoms with Crippen LogP contribution in [-0.4, -0.2) is 15.0 Å². The second kappa shape index (κ2) is 27.0. The van der Waals surface area contributed by atoms with Crippen molar-refractivity contribution in [3.8, 4) is 67.5 Å². The summed E-state index contributed by atoms with van der Waals surface area (Å²) in [5.41, 5.74) is 25.0. The minimum atomic E-state index is -0.515. The molecule has 0 radical (unpaired) electrons. The number of fused-ring (bicyclic) bond motifs is 9. The lowest BCUT2D eigenvalue weighted by molar-refractivity contribution is 0.543. The van der Waals surface area contributed by atoms with Crippen molar-refractivity contribution in [3.63, 3.8) is 0 Å². The first-order valence-electron chi connectivity index (χ1n) is 35.3. The number of rotatable bonds is 24. The van der Waals surface area contributed by atoms with Gasteiger partial charge in [-0.1, -0.05) is 200 Å². The van der Waals surface area contributed by atoms with Crippen LogP contribution in [0.5, 0.6) is 0 Å². The van der Waals surface area contributed by atoms with Gasteiger partial charge in [-0.15, -0.1) is 39.5 Å². The summed E-state index contributed by atoms with van der Waals surface area (Å²) in [5, 5.41) is 0. The van der Waals surface area contributed by atoms with E-state index in [1.165, 1.54) is 66.8 Å². The molecule has 13 aromatic rings. The van der Waals surface area contributed by atoms with Crippen LogP contribution in [0.1, 0.15) is 71.9 Å². The molecule has 1 heterocycles. The number of hydrogen-bond acceptors (Lipinski definition) is 6. The number of anilines is 9. The van der Waals surface area contributed by atoms with E-state index < -0.39 is 16.2 Å². The van der Waals surface area contributed by atoms with E-state index in [9.17, 15) is 0 Å². The van der Waals surface area contributed by atoms with Crippen LogP contribution in [0.15, 0.2) is 367 Å². The third kappa shape index (κ3) is 10.9. The van der Waals surface area contributed by atoms with Gasteiger partial charge in [0.25, 0.3) is 0 Å². The smallest absolute Gasteiger partial charge is 0.164 e. The van der Waals surface area contributed by atoms with E-state index in [4.69, 9.17) is 15.0 Å². The Labute approximate surface area is 600 Å². The number of para-hydroxylation sites is 6. The third-order valence-electron chi connectivity index (χ3n) is 21.3. The van der Waals surface area contributed by atoms with Gasteiger partial charge in [-0.25, -0.2) is 15.0 Å². The number of allylic oxidation sites excluding steroid dienone is 6. The van der Waals surface area contributed by atoms with Crippen LogP contribution < -0.4 is 14.7 Å². The SMILES string of the molecule is C=CCC1(CC=C)c2cc(-c3nc(-c4ccc5c(c4)C(CC=C)(CC=C)c4cc(N(c6ccccc6)c6ccccc6)ccc4-5)nc(-c4ccc5c(c4)C(CC=C)(CC=C)c4cc(N(c6ccccc6)c6ccccc6)ccc4-5)n3)ccc2-c2ccc(N(c3ccccc3)c3ccccc3)cc21. The third-order valence-corrected chi connectivity index (χ3v) is 21.3. The summed E-state index contributed by atoms with van der Waals surface area (Å²) in [6.07, 6.45) is 16.4. The van der Waals surface area contributed by atoms with Gasteiger partial charge in [0.1, 0.15) is 0 Å². The van der Waals surface area contributed by atoms with E-state index >= 15 is 0 Å². The Kier molecular flexibility index (Phi) is 17.0. The lowest BCUT2D eigenvalue weighted by Crippen LogP contribution is -2.24. The average molecular weight is 1320 g/mol. The first-order valence-corrected chi connectivity index (χ1v) is 35.3. The number of benzene rings is 12. The molecule has 6 heteroatoms. The monoisotopic (exact) mass is 1310 g/mol. The highest BCUT2D eigenvalue weighted by Gasteiger charge is 2.46. The molecule has 0 spiro atoms. The zero-order chi connectivity index (χ0) is 69.4. The first kappa shape index (κ1) is 64.2. The zero-order valence-corrected chi connectivity index (χ0v) is 57.3. The fourth-order valence-corrected chi connectivity index (χ4v) is 16.9. The van der Waals surface area contributed by atoms with Crippen LogP contribution in [0.3, 0.4) is 0 Å². The van der Waals surface area contributed by atoms with Crippen molar-refractivity contribution in [1.29, 1.82) is 0 Å². The Morgan fingerprint density at radius 1 is 0.216 bits per heavy atom. The molecule has 492 valence electrons. The van der Waals surface area contributed by atoms with E-state index in [2.05, 4.69) is 382 Å². The number of aromatic nitrogens is 3. The van der Waals surface area contributed by atoms with Gasteiger partial charge in [0.05, 0.1) is 0 Å². The van der Waals surface area contributed by atoms with Crippen molar-refractivity contribution in [2.75, 3.05) is 14.7 Å². The van der Waals surface area contributed by atoms with Gasteiger partial charge < -0.3 is 14.7 Å². The summed E-state index contributed by atoms with van der Waals surface area (Å²) < 4.78 is 0. The van der Waals surface area contributed by atoms with Crippen molar-refractivity contribution in [1.82, 2.24) is 15.0 Å². The molecular weight excluding hydrogens is 1240 g/mol. The Morgan fingerprint density at radius 2 is 0.402 bits per heavy atom. The van der Waals surface area contributed by atoms with Crippen LogP contribution in [0.25, 0.3) is 67.5 Å². The van der Waals surface area contributed by atoms with E-state index in [0.717, 1.165) is 67.9 Å². The number of hydrogen-bond donors (Lipinski definition) is 0. The predicted octanol–water partition coefficient (Wildman–Crippen LogP) is 25.5. The molecule has 0 atom stereocenters. The maximum atomic E-state index is 5.66. The van der Waals surface area contributed by atoms with Crippen LogP contribution >= 0.6 is 0 Å². The summed E-state index contributed by atoms with van der Waals surface area (Å²) >= 11 is 0. The van der Waals surface area contributed by atoms with E-state index in [-0.39, 0.29) is 0 Å². The summed E-state index contributed by atoms with van der Waals surface area (Å²) in [6, 6.07) is 105. The molecule has 0 saturated carbocycles. The highest BCUT2D eigenvalue weighted by molar-refractivity contribution is 5.92. The summed E-state index contributed by atoms with van der Waals surface area (Å²) in [5.74, 6) is 1.70. The molecule has 0 amide bonds. The van der Waals surface area contributed by atoms with Crippen LogP contribution in [-0.2, 0) is 16.2 Å². The Balaban J connectivity index is 0.873. The van der Waals surface area contributed by atoms with Crippen LogP contribution in [0, 0.1) is 0 Å². The van der Waals surface area contributed by atoms with Gasteiger partial charge in [0, 0.05) is 84.1 Å². The van der Waals surface area contributed by atoms with Crippen molar-refractivity contribution in [2.45, 2.75) is 54.8 Å². The molecule has 3 aliphatic carbocycles. The fraction of sp³-hybridized carbons (Fsp3) is 0.0938. The molecule has 0 aliphatic heterocycles. The van der Waals surface area contributed by atoms with Crippen LogP contribution in [0.4, 0.5) is 51.2 Å². The lowest BCUT2D eigenvalue weighted by Gasteiger charge is -2.32. The standard InChI is InChI=1S/C96H78N6/c1-7-55-94(56-8-2)85-61-67(43-49-79(85)82-52-46-76(64-88(82)94)100(70-31-19-13-20-32-70)71-33-21-14-22-34-71)91-97-92(68-44-50-80-83-53-47-77(65-89(83)95(57-9-3,58-10-4)86(80)62-68)101(72-35-23-15-24-36-72)73-37-25-16-26-38-73)99-93(98-91)69-45-51-81-84-54-48-78(66-90(84)96(59-11-5,60-12-6)87(81)63-69)102(74-39-27-17-28-40-74)75-41-29-18-30-42-75/h7-54,61-66H,1-6,55-60H2. The maximum absolute atomic E-state index is 5.66. The van der Waals surface area contributed by atoms with E-state index in [1.807, 2.05) is 0 Å². The van der Waals surface area contributed by atoms with Gasteiger partial charge in [0.2, 0.25) is 0 Å². The van der Waals surface area contributed by atoms with Gasteiger partial charge in [-0.3, -0.25) is 0 Å². The van der Waals surface area contributed by atoms with Gasteiger partial charge in [0.15, 0.2) is 17.5 Å². The summed E-state index contributed by atoms with van der Waals surface area (Å²) in [7, 11) is 0. The van der Waals surface area contributed by atoms with Gasteiger partial charge in [-0.05, 0) is 233 Å². The minimum absolute atomic E-state index is 0.515. The molecule has 12 aromatic carbocycles. The minimum Gasteiger partial charge on any atom is -0.310 e. The molecule has 0 fully saturated rings. The predicted molar refractivity (Wildman–Crippen MR) is 428 cm³/mol. The topological polar surface area (TPSA) is 48.4 Å². The largest absolute Gasteiger partial charge is 0.310 e. The highest BCUT2D eigenvalue weighted by Crippen LogP contribution is 2.59. The van der Waals surface area contributed by atoms with E-state index in [1.54, 1.807) is 0 Å². The van der Waals surface area contributed by atoms with Crippen molar-refractivity contribution in [3.05, 3.63) is 400 Å². The summed E-state index contributed by atoms with van der Waals surface area (Å²) in [6.45, 7) is 26.6. The zero-order valence-electron chi connectivity index (χ0n) is 57.3. The molecule has 0 unspecified atom stereocenters. The molecule has 0 bridgehead atoms. The van der Waals surface area contributed by atoms with Crippen molar-refractivity contribution < 1.29 is 0 Å². The molecule has 6 nitrogen and oxygen atoms in total. The van der Waals surface area contributed by atoms with Crippen molar-refractivity contribution >= 4 is 51.2 Å². The number of nitrogens with zero attached hydrogens (tertiary/aromatic N) is 6. The highest BCUT2D eigenvalue weighted by atomic mass is 15.2. The second-order valence-electron chi connectivity index (χ2n) is 27.0. The molecule has 3 aliphatic rings. The average Bonchev–Trinajstić information content (AvgIpc) is 1.57. The normalized spacial score (nSPS) is 13.4. The molecule has 16 rings (SSSR count). The Hall–Kier alpha value is -12.5.